The van der Waals surface area contributed by atoms with E-state index >= 15 is 0 Å². The molecule has 3 fully saturated rings. The Labute approximate surface area is 148 Å². The number of nitrogens with one attached hydrogen (secondary N) is 1. The number of aliphatic imine (C=N–C) groups is 1. The van der Waals surface area contributed by atoms with E-state index in [2.05, 4.69) is 31.2 Å². The van der Waals surface area contributed by atoms with E-state index in [9.17, 15) is 0 Å². The van der Waals surface area contributed by atoms with Gasteiger partial charge in [0, 0.05) is 18.8 Å². The van der Waals surface area contributed by atoms with Gasteiger partial charge in [-0.3, -0.25) is 10.2 Å². The van der Waals surface area contributed by atoms with Gasteiger partial charge in [-0.15, -0.1) is 4.99 Å². The molecule has 2 bridgehead atoms. The Bertz CT molecular complexity index is 821. The van der Waals surface area contributed by atoms with Gasteiger partial charge in [-0.25, -0.2) is 4.98 Å². The van der Waals surface area contributed by atoms with E-state index in [-0.39, 0.29) is 6.10 Å². The minimum absolute atomic E-state index is 0.119. The number of halogens is 1. The van der Waals surface area contributed by atoms with Crippen LogP contribution in [0.1, 0.15) is 12.8 Å². The summed E-state index contributed by atoms with van der Waals surface area (Å²) in [4.78, 5) is 15.0. The number of rotatable bonds is 2. The van der Waals surface area contributed by atoms with Crippen LogP contribution in [0.3, 0.4) is 0 Å². The van der Waals surface area contributed by atoms with Crippen LogP contribution in [-0.4, -0.2) is 46.6 Å². The average molecular weight is 362 g/mol. The summed E-state index contributed by atoms with van der Waals surface area (Å²) in [6.45, 7) is 3.24. The van der Waals surface area contributed by atoms with Crippen molar-refractivity contribution in [1.29, 1.82) is 0 Å². The summed E-state index contributed by atoms with van der Waals surface area (Å²) in [7, 11) is 0. The van der Waals surface area contributed by atoms with E-state index in [4.69, 9.17) is 22.8 Å². The molecule has 24 heavy (non-hydrogen) atoms. The maximum Gasteiger partial charge on any atom is 0.305 e. The Hall–Kier alpha value is -1.88. The lowest BCUT2D eigenvalue weighted by molar-refractivity contribution is -0.0145. The third-order valence-corrected chi connectivity index (χ3v) is 5.57. The highest BCUT2D eigenvalue weighted by atomic mass is 35.5. The second-order valence-corrected chi connectivity index (χ2v) is 7.43. The molecular formula is C16H16ClN5OS. The van der Waals surface area contributed by atoms with E-state index in [0.29, 0.717) is 27.7 Å². The first kappa shape index (κ1) is 15.6. The molecule has 0 radical (unpaired) electrons. The molecule has 0 aromatic carbocycles. The van der Waals surface area contributed by atoms with Crippen molar-refractivity contribution >= 4 is 44.4 Å². The molecule has 0 amide bonds. The zero-order valence-electron chi connectivity index (χ0n) is 12.9. The number of amidine groups is 1. The molecule has 0 aliphatic carbocycles. The van der Waals surface area contributed by atoms with E-state index < -0.39 is 0 Å². The number of thiazole rings is 1. The van der Waals surface area contributed by atoms with Crippen molar-refractivity contribution in [3.05, 3.63) is 17.3 Å². The molecule has 3 saturated heterocycles. The van der Waals surface area contributed by atoms with Crippen LogP contribution >= 0.6 is 22.9 Å². The monoisotopic (exact) mass is 361 g/mol. The number of ether oxygens (including phenoxy) is 1. The van der Waals surface area contributed by atoms with Gasteiger partial charge in [0.1, 0.15) is 6.10 Å². The van der Waals surface area contributed by atoms with Crippen molar-refractivity contribution in [1.82, 2.24) is 14.9 Å². The number of hydrogen-bond acceptors (Lipinski definition) is 6. The quantitative estimate of drug-likeness (QED) is 0.506. The van der Waals surface area contributed by atoms with Gasteiger partial charge in [0.15, 0.2) is 10.8 Å². The number of fused-ring (bicyclic) bond motifs is 4. The van der Waals surface area contributed by atoms with Gasteiger partial charge in [0.2, 0.25) is 0 Å². The summed E-state index contributed by atoms with van der Waals surface area (Å²) >= 11 is 7.40. The van der Waals surface area contributed by atoms with Gasteiger partial charge in [0.25, 0.3) is 0 Å². The van der Waals surface area contributed by atoms with Crippen molar-refractivity contribution in [2.75, 3.05) is 25.0 Å². The first-order valence-electron chi connectivity index (χ1n) is 7.82. The number of nitrogens with zero attached hydrogens (tertiary/aromatic N) is 4. The zero-order valence-corrected chi connectivity index (χ0v) is 14.5. The Morgan fingerprint density at radius 1 is 1.50 bits per heavy atom. The number of terminal acetylenes is 1. The number of hydrogen-bond donors (Lipinski definition) is 1. The van der Waals surface area contributed by atoms with Gasteiger partial charge in [-0.05, 0) is 37.9 Å². The lowest BCUT2D eigenvalue weighted by Crippen LogP contribution is -2.52. The minimum Gasteiger partial charge on any atom is -0.459 e. The molecule has 5 heterocycles. The number of aromatic nitrogens is 2. The molecule has 1 unspecified atom stereocenters. The third kappa shape index (κ3) is 3.18. The molecule has 5 rings (SSSR count). The number of anilines is 1. The van der Waals surface area contributed by atoms with E-state index in [0.717, 1.165) is 37.2 Å². The second-order valence-electron chi connectivity index (χ2n) is 5.96. The normalized spacial score (nSPS) is 26.3. The molecule has 2 aromatic heterocycles. The standard InChI is InChI=1S/C16H16ClN5OS/c1-2-18-15(23-12-9-22-5-3-10(12)4-6-22)21-16-20-14-13(24-16)7-11(17)8-19-14/h1,7-8,10,12H,3-6,9H2,(H,18,19,20,21). The maximum atomic E-state index is 6.06. The predicted octanol–water partition coefficient (Wildman–Crippen LogP) is 2.81. The Morgan fingerprint density at radius 2 is 2.33 bits per heavy atom. The van der Waals surface area contributed by atoms with Gasteiger partial charge in [0.05, 0.1) is 9.72 Å². The Kier molecular flexibility index (Phi) is 4.27. The van der Waals surface area contributed by atoms with E-state index in [1.807, 2.05) is 6.07 Å². The van der Waals surface area contributed by atoms with Crippen molar-refractivity contribution in [3.63, 3.8) is 0 Å². The molecule has 6 nitrogen and oxygen atoms in total. The first-order chi connectivity index (χ1) is 11.7. The van der Waals surface area contributed by atoms with Crippen LogP contribution in [-0.2, 0) is 4.74 Å². The Morgan fingerprint density at radius 3 is 3.04 bits per heavy atom. The number of pyridine rings is 1. The summed E-state index contributed by atoms with van der Waals surface area (Å²) in [5.74, 6) is 0.565. The number of piperidine rings is 3. The lowest BCUT2D eigenvalue weighted by Gasteiger charge is -2.44. The Balaban J connectivity index is 1.51. The summed E-state index contributed by atoms with van der Waals surface area (Å²) in [5.41, 5.74) is 0.634. The zero-order chi connectivity index (χ0) is 16.5. The summed E-state index contributed by atoms with van der Waals surface area (Å²) in [6, 6.07) is 4.44. The fourth-order valence-corrected chi connectivity index (χ4v) is 4.35. The van der Waals surface area contributed by atoms with Gasteiger partial charge >= 0.3 is 6.02 Å². The van der Waals surface area contributed by atoms with Crippen LogP contribution in [0.4, 0.5) is 5.13 Å². The molecule has 0 saturated carbocycles. The highest BCUT2D eigenvalue weighted by Gasteiger charge is 2.36. The van der Waals surface area contributed by atoms with Crippen LogP contribution in [0.2, 0.25) is 5.02 Å². The van der Waals surface area contributed by atoms with Crippen LogP contribution in [0.25, 0.3) is 10.3 Å². The molecule has 8 heteroatoms. The molecule has 3 aliphatic rings. The largest absolute Gasteiger partial charge is 0.459 e. The minimum atomic E-state index is 0.119. The molecule has 3 aliphatic heterocycles. The topological polar surface area (TPSA) is 62.6 Å². The van der Waals surface area contributed by atoms with Crippen LogP contribution < -0.4 is 5.32 Å². The molecular weight excluding hydrogens is 346 g/mol. The molecule has 1 N–H and O–H groups in total. The molecule has 2 aromatic rings. The predicted molar refractivity (Wildman–Crippen MR) is 96.4 cm³/mol. The highest BCUT2D eigenvalue weighted by molar-refractivity contribution is 7.22. The first-order valence-corrected chi connectivity index (χ1v) is 9.02. The van der Waals surface area contributed by atoms with Crippen LogP contribution in [0, 0.1) is 18.4 Å². The lowest BCUT2D eigenvalue weighted by atomic mass is 9.86. The summed E-state index contributed by atoms with van der Waals surface area (Å²) < 4.78 is 6.96. The molecule has 0 spiro atoms. The van der Waals surface area contributed by atoms with Crippen molar-refractivity contribution in [2.24, 2.45) is 10.9 Å². The van der Waals surface area contributed by atoms with Crippen molar-refractivity contribution in [3.8, 4) is 12.5 Å². The van der Waals surface area contributed by atoms with Gasteiger partial charge in [-0.2, -0.15) is 4.98 Å². The fraction of sp³-hybridized carbons (Fsp3) is 0.438. The maximum absolute atomic E-state index is 6.06. The average Bonchev–Trinajstić information content (AvgIpc) is 2.97. The molecule has 124 valence electrons. The highest BCUT2D eigenvalue weighted by Crippen LogP contribution is 2.30. The van der Waals surface area contributed by atoms with Crippen LogP contribution in [0.15, 0.2) is 17.3 Å². The third-order valence-electron chi connectivity index (χ3n) is 4.45. The molecule has 1 atom stereocenters. The van der Waals surface area contributed by atoms with Gasteiger partial charge < -0.3 is 4.74 Å². The summed E-state index contributed by atoms with van der Waals surface area (Å²) in [5, 5.41) is 4.30. The van der Waals surface area contributed by atoms with E-state index in [1.54, 1.807) is 6.20 Å². The van der Waals surface area contributed by atoms with Crippen molar-refractivity contribution < 1.29 is 4.74 Å². The van der Waals surface area contributed by atoms with Crippen molar-refractivity contribution in [2.45, 2.75) is 18.9 Å². The fourth-order valence-electron chi connectivity index (χ4n) is 3.27. The van der Waals surface area contributed by atoms with Gasteiger partial charge in [-0.1, -0.05) is 29.4 Å². The smallest absolute Gasteiger partial charge is 0.305 e. The van der Waals surface area contributed by atoms with E-state index in [1.165, 1.54) is 11.3 Å². The second kappa shape index (κ2) is 6.55. The van der Waals surface area contributed by atoms with Crippen LogP contribution in [0.5, 0.6) is 0 Å². The summed E-state index contributed by atoms with van der Waals surface area (Å²) in [6.07, 6.45) is 9.37. The SMILES string of the molecule is C#CN=C(Nc1nc2ncc(Cl)cc2s1)OC1CN2CCC1CC2.